The molecule has 1 aromatic heterocycles. The molecule has 1 saturated heterocycles. The van der Waals surface area contributed by atoms with Crippen molar-refractivity contribution < 1.29 is 22.4 Å². The largest absolute Gasteiger partial charge is 0.435 e. The van der Waals surface area contributed by atoms with E-state index in [-0.39, 0.29) is 5.69 Å². The van der Waals surface area contributed by atoms with Crippen molar-refractivity contribution in [1.82, 2.24) is 19.9 Å². The second-order valence-corrected chi connectivity index (χ2v) is 8.14. The number of nitrogens with one attached hydrogen (secondary N) is 1. The summed E-state index contributed by atoms with van der Waals surface area (Å²) in [6, 6.07) is 11.8. The number of amides is 1. The molecule has 0 spiro atoms. The highest BCUT2D eigenvalue weighted by atomic mass is 19.4. The number of aromatic nitrogens is 3. The van der Waals surface area contributed by atoms with Crippen molar-refractivity contribution in [2.75, 3.05) is 11.9 Å². The van der Waals surface area contributed by atoms with Crippen LogP contribution in [0.1, 0.15) is 47.9 Å². The van der Waals surface area contributed by atoms with E-state index in [4.69, 9.17) is 0 Å². The maximum atomic E-state index is 13.8. The molecule has 1 N–H and O–H groups in total. The molecule has 1 aliphatic rings. The number of rotatable bonds is 5. The van der Waals surface area contributed by atoms with Gasteiger partial charge >= 0.3 is 6.18 Å². The number of carbonyl (C=O) groups excluding carboxylic acids is 1. The van der Waals surface area contributed by atoms with Crippen LogP contribution in [0.4, 0.5) is 23.2 Å². The molecule has 174 valence electrons. The average molecular weight is 461 g/mol. The van der Waals surface area contributed by atoms with Gasteiger partial charge in [-0.3, -0.25) is 9.69 Å². The Bertz CT molecular complexity index is 1110. The van der Waals surface area contributed by atoms with Gasteiger partial charge in [0.2, 0.25) is 0 Å². The lowest BCUT2D eigenvalue weighted by molar-refractivity contribution is -0.143. The summed E-state index contributed by atoms with van der Waals surface area (Å²) in [6.45, 7) is 4.01. The maximum Gasteiger partial charge on any atom is 0.435 e. The topological polar surface area (TPSA) is 63.1 Å². The first-order valence-electron chi connectivity index (χ1n) is 10.7. The number of hydrogen-bond donors (Lipinski definition) is 1. The molecule has 1 aliphatic heterocycles. The molecule has 0 radical (unpaired) electrons. The molecule has 0 bridgehead atoms. The Hall–Kier alpha value is -3.27. The van der Waals surface area contributed by atoms with Crippen molar-refractivity contribution in [1.29, 1.82) is 0 Å². The second kappa shape index (κ2) is 9.30. The summed E-state index contributed by atoms with van der Waals surface area (Å²) in [6.07, 6.45) is -1.35. The van der Waals surface area contributed by atoms with Gasteiger partial charge in [0.15, 0.2) is 11.4 Å². The van der Waals surface area contributed by atoms with Gasteiger partial charge in [0.1, 0.15) is 5.82 Å². The zero-order chi connectivity index (χ0) is 23.6. The molecule has 3 aromatic rings. The van der Waals surface area contributed by atoms with Crippen molar-refractivity contribution in [3.63, 3.8) is 0 Å². The second-order valence-electron chi connectivity index (χ2n) is 8.14. The fourth-order valence-corrected chi connectivity index (χ4v) is 3.96. The van der Waals surface area contributed by atoms with Crippen LogP contribution in [-0.4, -0.2) is 38.4 Å². The predicted octanol–water partition coefficient (Wildman–Crippen LogP) is 5.05. The number of carbonyl (C=O) groups is 1. The van der Waals surface area contributed by atoms with Crippen molar-refractivity contribution in [3.8, 4) is 5.69 Å². The fraction of sp³-hybridized carbons (Fsp3) is 0.348. The minimum absolute atomic E-state index is 0.0634. The van der Waals surface area contributed by atoms with Gasteiger partial charge in [-0.05, 0) is 68.3 Å². The van der Waals surface area contributed by atoms with Crippen molar-refractivity contribution in [3.05, 3.63) is 71.3 Å². The molecule has 1 atom stereocenters. The maximum absolute atomic E-state index is 13.8. The standard InChI is InChI=1S/C23H23F4N5O/c1-15-4-2-3-13-31(15)14-16-5-9-18(10-6-16)28-22(33)20-21(23(25,26)27)32(30-29-20)19-11-7-17(24)8-12-19/h5-12,15H,2-4,13-14H2,1H3,(H,28,33). The Balaban J connectivity index is 1.52. The lowest BCUT2D eigenvalue weighted by atomic mass is 10.0. The monoisotopic (exact) mass is 461 g/mol. The highest BCUT2D eigenvalue weighted by Crippen LogP contribution is 2.33. The van der Waals surface area contributed by atoms with Gasteiger partial charge in [0, 0.05) is 18.3 Å². The Kier molecular flexibility index (Phi) is 6.46. The highest BCUT2D eigenvalue weighted by molar-refractivity contribution is 6.03. The van der Waals surface area contributed by atoms with Crippen molar-refractivity contribution in [2.24, 2.45) is 0 Å². The summed E-state index contributed by atoms with van der Waals surface area (Å²) in [4.78, 5) is 15.0. The summed E-state index contributed by atoms with van der Waals surface area (Å²) in [5.41, 5.74) is -0.855. The molecular formula is C23H23F4N5O. The summed E-state index contributed by atoms with van der Waals surface area (Å²) >= 11 is 0. The number of nitrogens with zero attached hydrogens (tertiary/aromatic N) is 4. The third-order valence-electron chi connectivity index (χ3n) is 5.76. The molecule has 2 aromatic carbocycles. The lowest BCUT2D eigenvalue weighted by Crippen LogP contribution is -2.36. The lowest BCUT2D eigenvalue weighted by Gasteiger charge is -2.33. The number of benzene rings is 2. The molecule has 1 amide bonds. The number of likely N-dealkylation sites (tertiary alicyclic amines) is 1. The van der Waals surface area contributed by atoms with E-state index in [9.17, 15) is 22.4 Å². The van der Waals surface area contributed by atoms with Crippen LogP contribution in [0.25, 0.3) is 5.69 Å². The quantitative estimate of drug-likeness (QED) is 0.540. The number of hydrogen-bond acceptors (Lipinski definition) is 4. The summed E-state index contributed by atoms with van der Waals surface area (Å²) in [5.74, 6) is -1.64. The van der Waals surface area contributed by atoms with E-state index in [1.165, 1.54) is 12.8 Å². The van der Waals surface area contributed by atoms with Crippen LogP contribution in [0, 0.1) is 5.82 Å². The molecule has 2 heterocycles. The van der Waals surface area contributed by atoms with E-state index in [1.54, 1.807) is 12.1 Å². The highest BCUT2D eigenvalue weighted by Gasteiger charge is 2.42. The van der Waals surface area contributed by atoms with Gasteiger partial charge in [-0.25, -0.2) is 9.07 Å². The van der Waals surface area contributed by atoms with Crippen molar-refractivity contribution >= 4 is 11.6 Å². The predicted molar refractivity (Wildman–Crippen MR) is 114 cm³/mol. The zero-order valence-corrected chi connectivity index (χ0v) is 17.9. The average Bonchev–Trinajstić information content (AvgIpc) is 3.23. The van der Waals surface area contributed by atoms with E-state index >= 15 is 0 Å². The van der Waals surface area contributed by atoms with Crippen LogP contribution in [0.3, 0.4) is 0 Å². The first kappa shape index (κ1) is 22.9. The number of halogens is 4. The fourth-order valence-electron chi connectivity index (χ4n) is 3.96. The van der Waals surface area contributed by atoms with E-state index in [0.717, 1.165) is 49.3 Å². The third kappa shape index (κ3) is 5.22. The molecule has 10 heteroatoms. The van der Waals surface area contributed by atoms with Gasteiger partial charge in [-0.1, -0.05) is 23.8 Å². The number of anilines is 1. The van der Waals surface area contributed by atoms with Gasteiger partial charge in [0.05, 0.1) is 5.69 Å². The minimum atomic E-state index is -4.90. The summed E-state index contributed by atoms with van der Waals surface area (Å²) in [5, 5.41) is 9.41. The van der Waals surface area contributed by atoms with Crippen LogP contribution < -0.4 is 5.32 Å². The summed E-state index contributed by atoms with van der Waals surface area (Å²) in [7, 11) is 0. The molecule has 0 saturated carbocycles. The first-order valence-corrected chi connectivity index (χ1v) is 10.7. The van der Waals surface area contributed by atoms with Crippen LogP contribution in [0.15, 0.2) is 48.5 Å². The zero-order valence-electron chi connectivity index (χ0n) is 17.9. The van der Waals surface area contributed by atoms with E-state index in [2.05, 4.69) is 27.5 Å². The van der Waals surface area contributed by atoms with Crippen LogP contribution in [-0.2, 0) is 12.7 Å². The van der Waals surface area contributed by atoms with Gasteiger partial charge in [-0.15, -0.1) is 5.10 Å². The van der Waals surface area contributed by atoms with Gasteiger partial charge in [0.25, 0.3) is 5.91 Å². The number of alkyl halides is 3. The summed E-state index contributed by atoms with van der Waals surface area (Å²) < 4.78 is 54.9. The first-order chi connectivity index (χ1) is 15.7. The number of piperidine rings is 1. The van der Waals surface area contributed by atoms with Crippen LogP contribution in [0.2, 0.25) is 0 Å². The normalized spacial score (nSPS) is 17.2. The molecule has 4 rings (SSSR count). The molecular weight excluding hydrogens is 438 g/mol. The Morgan fingerprint density at radius 1 is 1.09 bits per heavy atom. The van der Waals surface area contributed by atoms with E-state index in [1.807, 2.05) is 12.1 Å². The molecule has 1 unspecified atom stereocenters. The van der Waals surface area contributed by atoms with Crippen LogP contribution in [0.5, 0.6) is 0 Å². The smallest absolute Gasteiger partial charge is 0.321 e. The Labute approximate surface area is 188 Å². The minimum Gasteiger partial charge on any atom is -0.321 e. The Morgan fingerprint density at radius 3 is 2.42 bits per heavy atom. The SMILES string of the molecule is CC1CCCCN1Cc1ccc(NC(=O)c2nnn(-c3ccc(F)cc3)c2C(F)(F)F)cc1. The molecule has 1 fully saturated rings. The van der Waals surface area contributed by atoms with Crippen molar-refractivity contribution in [2.45, 2.75) is 44.9 Å². The Morgan fingerprint density at radius 2 is 1.79 bits per heavy atom. The molecule has 6 nitrogen and oxygen atoms in total. The van der Waals surface area contributed by atoms with Gasteiger partial charge in [-0.2, -0.15) is 13.2 Å². The van der Waals surface area contributed by atoms with E-state index < -0.39 is 29.3 Å². The molecule has 0 aliphatic carbocycles. The molecule has 33 heavy (non-hydrogen) atoms. The van der Waals surface area contributed by atoms with Crippen LogP contribution >= 0.6 is 0 Å². The third-order valence-corrected chi connectivity index (χ3v) is 5.76. The van der Waals surface area contributed by atoms with Gasteiger partial charge < -0.3 is 5.32 Å². The van der Waals surface area contributed by atoms with E-state index in [0.29, 0.717) is 16.4 Å².